The third-order valence-corrected chi connectivity index (χ3v) is 4.03. The first-order valence-corrected chi connectivity index (χ1v) is 8.29. The van der Waals surface area contributed by atoms with Crippen molar-refractivity contribution in [1.82, 2.24) is 5.32 Å². The van der Waals surface area contributed by atoms with Gasteiger partial charge in [0.15, 0.2) is 0 Å². The van der Waals surface area contributed by atoms with Crippen LogP contribution in [0, 0.1) is 5.82 Å². The van der Waals surface area contributed by atoms with E-state index in [2.05, 4.69) is 15.4 Å². The highest BCUT2D eigenvalue weighted by Crippen LogP contribution is 2.26. The van der Waals surface area contributed by atoms with E-state index in [4.69, 9.17) is 4.74 Å². The molecule has 0 heterocycles. The fourth-order valence-electron chi connectivity index (χ4n) is 2.42. The van der Waals surface area contributed by atoms with Crippen molar-refractivity contribution in [3.63, 3.8) is 0 Å². The highest BCUT2D eigenvalue weighted by Gasteiger charge is 2.32. The smallest absolute Gasteiger partial charge is 0.406 e. The number of hydrogen-bond acceptors (Lipinski definition) is 4. The maximum atomic E-state index is 14.0. The van der Waals surface area contributed by atoms with Crippen molar-refractivity contribution in [2.75, 3.05) is 19.0 Å². The molecule has 2 amide bonds. The molecule has 2 aromatic rings. The fraction of sp³-hybridized carbons (Fsp3) is 0.263. The van der Waals surface area contributed by atoms with Gasteiger partial charge in [0.05, 0.1) is 6.54 Å². The molecule has 0 saturated heterocycles. The van der Waals surface area contributed by atoms with Crippen molar-refractivity contribution >= 4 is 17.5 Å². The van der Waals surface area contributed by atoms with Crippen LogP contribution >= 0.6 is 0 Å². The Kier molecular flexibility index (Phi) is 6.80. The van der Waals surface area contributed by atoms with Crippen LogP contribution in [0.2, 0.25) is 0 Å². The number of benzene rings is 2. The zero-order valence-electron chi connectivity index (χ0n) is 15.5. The van der Waals surface area contributed by atoms with Crippen LogP contribution in [0.25, 0.3) is 0 Å². The molecule has 6 nitrogen and oxygen atoms in total. The van der Waals surface area contributed by atoms with Crippen LogP contribution in [0.15, 0.2) is 48.5 Å². The maximum absolute atomic E-state index is 14.0. The van der Waals surface area contributed by atoms with Crippen molar-refractivity contribution in [2.24, 2.45) is 0 Å². The van der Waals surface area contributed by atoms with Gasteiger partial charge in [-0.2, -0.15) is 0 Å². The largest absolute Gasteiger partial charge is 0.573 e. The average molecular weight is 414 g/mol. The molecule has 1 unspecified atom stereocenters. The number of nitrogens with one attached hydrogen (secondary N) is 2. The zero-order valence-corrected chi connectivity index (χ0v) is 15.5. The van der Waals surface area contributed by atoms with Gasteiger partial charge in [-0.15, -0.1) is 13.2 Å². The standard InChI is InChI=1S/C19H18F4N2O4/c1-18(28-2,14-5-3-4-6-15(14)20)11-24-16(26)17(27)25-12-7-9-13(10-8-12)29-19(21,22)23/h3-10H,11H2,1-2H3,(H,24,26)(H,25,27). The molecule has 1 atom stereocenters. The van der Waals surface area contributed by atoms with Gasteiger partial charge in [0.1, 0.15) is 17.2 Å². The Balaban J connectivity index is 1.96. The van der Waals surface area contributed by atoms with Crippen LogP contribution in [0.4, 0.5) is 23.2 Å². The summed E-state index contributed by atoms with van der Waals surface area (Å²) in [5.74, 6) is -3.08. The topological polar surface area (TPSA) is 76.7 Å². The van der Waals surface area contributed by atoms with Crippen molar-refractivity contribution in [3.8, 4) is 5.75 Å². The predicted molar refractivity (Wildman–Crippen MR) is 95.5 cm³/mol. The molecule has 2 aromatic carbocycles. The van der Waals surface area contributed by atoms with Crippen LogP contribution in [0.1, 0.15) is 12.5 Å². The van der Waals surface area contributed by atoms with E-state index < -0.39 is 35.3 Å². The molecule has 0 radical (unpaired) electrons. The van der Waals surface area contributed by atoms with E-state index in [-0.39, 0.29) is 17.8 Å². The molecule has 0 aromatic heterocycles. The molecule has 0 spiro atoms. The molecule has 156 valence electrons. The van der Waals surface area contributed by atoms with Crippen LogP contribution in [0.3, 0.4) is 0 Å². The summed E-state index contributed by atoms with van der Waals surface area (Å²) in [6, 6.07) is 10.1. The molecule has 2 N–H and O–H groups in total. The Morgan fingerprint density at radius 3 is 2.17 bits per heavy atom. The van der Waals surface area contributed by atoms with Gasteiger partial charge < -0.3 is 20.1 Å². The van der Waals surface area contributed by atoms with Crippen LogP contribution in [0.5, 0.6) is 5.75 Å². The van der Waals surface area contributed by atoms with Crippen molar-refractivity contribution in [2.45, 2.75) is 18.9 Å². The summed E-state index contributed by atoms with van der Waals surface area (Å²) in [4.78, 5) is 24.0. The summed E-state index contributed by atoms with van der Waals surface area (Å²) in [5.41, 5.74) is -0.940. The van der Waals surface area contributed by atoms with Gasteiger partial charge in [-0.25, -0.2) is 4.39 Å². The first-order chi connectivity index (χ1) is 13.5. The summed E-state index contributed by atoms with van der Waals surface area (Å²) in [6.07, 6.45) is -4.84. The van der Waals surface area contributed by atoms with Gasteiger partial charge in [0.2, 0.25) is 0 Å². The Morgan fingerprint density at radius 1 is 1.00 bits per heavy atom. The molecule has 0 saturated carbocycles. The fourth-order valence-corrected chi connectivity index (χ4v) is 2.42. The number of anilines is 1. The zero-order chi connectivity index (χ0) is 21.7. The van der Waals surface area contributed by atoms with Gasteiger partial charge in [0.25, 0.3) is 0 Å². The summed E-state index contributed by atoms with van der Waals surface area (Å²) in [5, 5.41) is 4.58. The van der Waals surface area contributed by atoms with E-state index >= 15 is 0 Å². The van der Waals surface area contributed by atoms with Crippen LogP contribution < -0.4 is 15.4 Å². The molecule has 0 aliphatic carbocycles. The third-order valence-electron chi connectivity index (χ3n) is 4.03. The third kappa shape index (κ3) is 6.18. The van der Waals surface area contributed by atoms with E-state index in [9.17, 15) is 27.2 Å². The van der Waals surface area contributed by atoms with Gasteiger partial charge in [-0.05, 0) is 37.3 Å². The number of amides is 2. The number of carbonyl (C=O) groups excluding carboxylic acids is 2. The average Bonchev–Trinajstić information content (AvgIpc) is 2.66. The summed E-state index contributed by atoms with van der Waals surface area (Å²) in [7, 11) is 1.34. The first kappa shape index (κ1) is 22.2. The van der Waals surface area contributed by atoms with E-state index in [1.54, 1.807) is 13.0 Å². The molecule has 29 heavy (non-hydrogen) atoms. The number of rotatable bonds is 6. The number of ether oxygens (including phenoxy) is 2. The van der Waals surface area contributed by atoms with Crippen molar-refractivity contribution < 1.29 is 36.6 Å². The molecule has 0 bridgehead atoms. The second kappa shape index (κ2) is 8.91. The monoisotopic (exact) mass is 414 g/mol. The second-order valence-electron chi connectivity index (χ2n) is 6.12. The summed E-state index contributed by atoms with van der Waals surface area (Å²) >= 11 is 0. The van der Waals surface area contributed by atoms with E-state index in [1.165, 1.54) is 25.3 Å². The van der Waals surface area contributed by atoms with Gasteiger partial charge in [-0.3, -0.25) is 9.59 Å². The van der Waals surface area contributed by atoms with Gasteiger partial charge >= 0.3 is 18.2 Å². The lowest BCUT2D eigenvalue weighted by Gasteiger charge is -2.29. The Hall–Kier alpha value is -3.14. The van der Waals surface area contributed by atoms with E-state index in [0.717, 1.165) is 24.3 Å². The van der Waals surface area contributed by atoms with E-state index in [0.29, 0.717) is 0 Å². The van der Waals surface area contributed by atoms with Crippen molar-refractivity contribution in [1.29, 1.82) is 0 Å². The minimum Gasteiger partial charge on any atom is -0.406 e. The lowest BCUT2D eigenvalue weighted by atomic mass is 9.95. The highest BCUT2D eigenvalue weighted by molar-refractivity contribution is 6.39. The molecular weight excluding hydrogens is 396 g/mol. The Labute approximate surface area is 163 Å². The van der Waals surface area contributed by atoms with E-state index in [1.807, 2.05) is 0 Å². The van der Waals surface area contributed by atoms with Crippen molar-refractivity contribution in [3.05, 3.63) is 59.9 Å². The minimum atomic E-state index is -4.84. The maximum Gasteiger partial charge on any atom is 0.573 e. The highest BCUT2D eigenvalue weighted by atomic mass is 19.4. The Bertz CT molecular complexity index is 871. The quantitative estimate of drug-likeness (QED) is 0.562. The van der Waals surface area contributed by atoms with Gasteiger partial charge in [-0.1, -0.05) is 18.2 Å². The SMILES string of the molecule is COC(C)(CNC(=O)C(=O)Nc1ccc(OC(F)(F)F)cc1)c1ccccc1F. The molecular formula is C19H18F4N2O4. The lowest BCUT2D eigenvalue weighted by Crippen LogP contribution is -2.44. The van der Waals surface area contributed by atoms with Crippen LogP contribution in [-0.2, 0) is 19.9 Å². The molecule has 2 rings (SSSR count). The second-order valence-corrected chi connectivity index (χ2v) is 6.12. The summed E-state index contributed by atoms with van der Waals surface area (Å²) in [6.45, 7) is 1.35. The number of methoxy groups -OCH3 is 1. The van der Waals surface area contributed by atoms with Crippen LogP contribution in [-0.4, -0.2) is 31.8 Å². The lowest BCUT2D eigenvalue weighted by molar-refractivity contribution is -0.274. The van der Waals surface area contributed by atoms with Gasteiger partial charge in [0, 0.05) is 18.4 Å². The Morgan fingerprint density at radius 2 is 1.62 bits per heavy atom. The normalized spacial score (nSPS) is 13.3. The molecule has 10 heteroatoms. The minimum absolute atomic E-state index is 0.0864. The number of hydrogen-bond donors (Lipinski definition) is 2. The number of alkyl halides is 3. The molecule has 0 aliphatic heterocycles. The predicted octanol–water partition coefficient (Wildman–Crippen LogP) is 3.34. The number of carbonyl (C=O) groups is 2. The molecule has 0 aliphatic rings. The summed E-state index contributed by atoms with van der Waals surface area (Å²) < 4.78 is 59.5. The molecule has 0 fully saturated rings. The first-order valence-electron chi connectivity index (χ1n) is 8.29. The number of halogens is 4.